The fraction of sp³-hybridized carbons (Fsp3) is 0.125. The van der Waals surface area contributed by atoms with Gasteiger partial charge in [-0.15, -0.1) is 11.8 Å². The molecule has 0 unspecified atom stereocenters. The number of aromatic amines is 1. The molecule has 3 heterocycles. The second-order valence-electron chi connectivity index (χ2n) is 5.24. The third-order valence-corrected chi connectivity index (χ3v) is 4.54. The van der Waals surface area contributed by atoms with Gasteiger partial charge in [-0.2, -0.15) is 20.0 Å². The Kier molecular flexibility index (Phi) is 3.18. The molecule has 0 aliphatic rings. The summed E-state index contributed by atoms with van der Waals surface area (Å²) in [6.45, 7) is 1.78. The number of para-hydroxylation sites is 1. The molecule has 8 heteroatoms. The second-order valence-corrected chi connectivity index (χ2v) is 6.04. The smallest absolute Gasteiger partial charge is 0.285 e. The molecule has 0 atom stereocenters. The number of aromatic nitrogens is 5. The van der Waals surface area contributed by atoms with Crippen LogP contribution < -0.4 is 5.56 Å². The van der Waals surface area contributed by atoms with Gasteiger partial charge in [-0.25, -0.2) is 4.68 Å². The summed E-state index contributed by atoms with van der Waals surface area (Å²) in [5.41, 5.74) is 2.46. The van der Waals surface area contributed by atoms with E-state index in [1.54, 1.807) is 11.6 Å². The zero-order valence-electron chi connectivity index (χ0n) is 12.9. The van der Waals surface area contributed by atoms with Crippen molar-refractivity contribution in [2.24, 2.45) is 0 Å². The third-order valence-electron chi connectivity index (χ3n) is 3.86. The number of nitriles is 1. The topological polar surface area (TPSA) is 91.8 Å². The van der Waals surface area contributed by atoms with Gasteiger partial charge in [0, 0.05) is 0 Å². The van der Waals surface area contributed by atoms with Crippen LogP contribution in [0.5, 0.6) is 0 Å². The Balaban J connectivity index is 2.18. The highest BCUT2D eigenvalue weighted by atomic mass is 32.2. The lowest BCUT2D eigenvalue weighted by Crippen LogP contribution is -2.16. The standard InChI is InChI=1S/C16H12N6OS/c1-9-12-14(21(19-9)10-6-4-3-5-7-10)18-13-11(8-17)15(24-2)20-22(13)16(12)23/h3-7,18H,1-2H3. The fourth-order valence-corrected chi connectivity index (χ4v) is 3.29. The average molecular weight is 336 g/mol. The van der Waals surface area contributed by atoms with E-state index >= 15 is 0 Å². The first-order chi connectivity index (χ1) is 11.7. The van der Waals surface area contributed by atoms with Crippen molar-refractivity contribution in [2.45, 2.75) is 11.9 Å². The van der Waals surface area contributed by atoms with Crippen molar-refractivity contribution in [3.05, 3.63) is 51.9 Å². The molecule has 0 fully saturated rings. The van der Waals surface area contributed by atoms with Crippen molar-refractivity contribution in [1.29, 1.82) is 5.26 Å². The minimum atomic E-state index is -0.282. The maximum Gasteiger partial charge on any atom is 0.285 e. The number of H-pyrrole nitrogens is 1. The summed E-state index contributed by atoms with van der Waals surface area (Å²) in [6.07, 6.45) is 1.82. The number of aryl methyl sites for hydroxylation is 1. The van der Waals surface area contributed by atoms with E-state index in [4.69, 9.17) is 0 Å². The molecule has 4 rings (SSSR count). The molecule has 1 N–H and O–H groups in total. The van der Waals surface area contributed by atoms with Crippen LogP contribution in [0.4, 0.5) is 0 Å². The fourth-order valence-electron chi connectivity index (χ4n) is 2.78. The lowest BCUT2D eigenvalue weighted by molar-refractivity contribution is 0.859. The van der Waals surface area contributed by atoms with Crippen LogP contribution in [0.3, 0.4) is 0 Å². The predicted octanol–water partition coefficient (Wildman–Crippen LogP) is 2.26. The van der Waals surface area contributed by atoms with Crippen LogP contribution in [-0.2, 0) is 0 Å². The number of nitrogens with one attached hydrogen (secondary N) is 1. The highest BCUT2D eigenvalue weighted by molar-refractivity contribution is 7.98. The molecule has 118 valence electrons. The Morgan fingerprint density at radius 2 is 1.96 bits per heavy atom. The van der Waals surface area contributed by atoms with Crippen LogP contribution >= 0.6 is 11.8 Å². The Hall–Kier alpha value is -3.05. The van der Waals surface area contributed by atoms with Gasteiger partial charge >= 0.3 is 0 Å². The summed E-state index contributed by atoms with van der Waals surface area (Å²) >= 11 is 1.33. The molecule has 7 nitrogen and oxygen atoms in total. The lowest BCUT2D eigenvalue weighted by atomic mass is 10.3. The Labute approximate surface area is 140 Å². The summed E-state index contributed by atoms with van der Waals surface area (Å²) in [7, 11) is 0. The van der Waals surface area contributed by atoms with Gasteiger partial charge in [0.05, 0.1) is 11.4 Å². The summed E-state index contributed by atoms with van der Waals surface area (Å²) in [6, 6.07) is 11.7. The Morgan fingerprint density at radius 1 is 1.21 bits per heavy atom. The Morgan fingerprint density at radius 3 is 2.62 bits per heavy atom. The summed E-state index contributed by atoms with van der Waals surface area (Å²) in [5, 5.41) is 19.1. The molecule has 4 aromatic rings. The molecule has 0 saturated carbocycles. The van der Waals surface area contributed by atoms with E-state index < -0.39 is 0 Å². The molecule has 0 radical (unpaired) electrons. The zero-order chi connectivity index (χ0) is 16.8. The lowest BCUT2D eigenvalue weighted by Gasteiger charge is -2.03. The number of thioether (sulfide) groups is 1. The molecule has 1 aromatic carbocycles. The molecule has 3 aromatic heterocycles. The molecular formula is C16H12N6OS. The highest BCUT2D eigenvalue weighted by Gasteiger charge is 2.20. The number of hydrogen-bond acceptors (Lipinski definition) is 5. The van der Waals surface area contributed by atoms with Gasteiger partial charge in [-0.1, -0.05) is 18.2 Å². The molecule has 0 saturated heterocycles. The average Bonchev–Trinajstić information content (AvgIpc) is 3.14. The van der Waals surface area contributed by atoms with Crippen molar-refractivity contribution in [3.63, 3.8) is 0 Å². The highest BCUT2D eigenvalue weighted by Crippen LogP contribution is 2.23. The molecule has 0 aliphatic heterocycles. The van der Waals surface area contributed by atoms with E-state index in [1.807, 2.05) is 36.6 Å². The normalized spacial score (nSPS) is 11.2. The summed E-state index contributed by atoms with van der Waals surface area (Å²) in [4.78, 5) is 16.0. The van der Waals surface area contributed by atoms with E-state index in [9.17, 15) is 10.1 Å². The van der Waals surface area contributed by atoms with Crippen LogP contribution in [-0.4, -0.2) is 30.6 Å². The number of rotatable bonds is 2. The molecular weight excluding hydrogens is 324 g/mol. The first kappa shape index (κ1) is 14.5. The van der Waals surface area contributed by atoms with E-state index in [0.29, 0.717) is 33.0 Å². The minimum Gasteiger partial charge on any atom is -0.323 e. The maximum atomic E-state index is 12.9. The maximum absolute atomic E-state index is 12.9. The van der Waals surface area contributed by atoms with Crippen molar-refractivity contribution < 1.29 is 0 Å². The number of hydrogen-bond donors (Lipinski definition) is 1. The van der Waals surface area contributed by atoms with Crippen molar-refractivity contribution in [2.75, 3.05) is 6.26 Å². The van der Waals surface area contributed by atoms with Crippen LogP contribution in [0.2, 0.25) is 0 Å². The summed E-state index contributed by atoms with van der Waals surface area (Å²) < 4.78 is 2.93. The largest absolute Gasteiger partial charge is 0.323 e. The Bertz CT molecular complexity index is 1180. The van der Waals surface area contributed by atoms with Gasteiger partial charge in [0.15, 0.2) is 5.65 Å². The molecule has 24 heavy (non-hydrogen) atoms. The molecule has 0 spiro atoms. The van der Waals surface area contributed by atoms with E-state index in [1.165, 1.54) is 16.3 Å². The van der Waals surface area contributed by atoms with E-state index in [-0.39, 0.29) is 5.56 Å². The predicted molar refractivity (Wildman–Crippen MR) is 91.7 cm³/mol. The minimum absolute atomic E-state index is 0.282. The monoisotopic (exact) mass is 336 g/mol. The number of nitrogens with zero attached hydrogens (tertiary/aromatic N) is 5. The van der Waals surface area contributed by atoms with Crippen molar-refractivity contribution in [1.82, 2.24) is 24.4 Å². The molecule has 0 amide bonds. The van der Waals surface area contributed by atoms with E-state index in [2.05, 4.69) is 21.3 Å². The SMILES string of the molecule is CSc1nn2c(=O)c3c(C)nn(-c4ccccc4)c3[nH]c2c1C#N. The summed E-state index contributed by atoms with van der Waals surface area (Å²) in [5.74, 6) is 0. The van der Waals surface area contributed by atoms with Gasteiger partial charge in [-0.05, 0) is 25.3 Å². The third kappa shape index (κ3) is 1.88. The first-order valence-electron chi connectivity index (χ1n) is 7.19. The van der Waals surface area contributed by atoms with Crippen LogP contribution in [0.1, 0.15) is 11.3 Å². The second kappa shape index (κ2) is 5.25. The first-order valence-corrected chi connectivity index (χ1v) is 8.42. The van der Waals surface area contributed by atoms with Crippen molar-refractivity contribution >= 4 is 28.4 Å². The van der Waals surface area contributed by atoms with Crippen LogP contribution in [0.25, 0.3) is 22.4 Å². The van der Waals surface area contributed by atoms with Gasteiger partial charge in [0.25, 0.3) is 5.56 Å². The number of fused-ring (bicyclic) bond motifs is 2. The van der Waals surface area contributed by atoms with Crippen LogP contribution in [0.15, 0.2) is 40.2 Å². The van der Waals surface area contributed by atoms with Crippen molar-refractivity contribution in [3.8, 4) is 11.8 Å². The van der Waals surface area contributed by atoms with Gasteiger partial charge in [0.2, 0.25) is 0 Å². The van der Waals surface area contributed by atoms with Gasteiger partial charge in [0.1, 0.15) is 27.7 Å². The van der Waals surface area contributed by atoms with Gasteiger partial charge < -0.3 is 4.98 Å². The zero-order valence-corrected chi connectivity index (χ0v) is 13.8. The quantitative estimate of drug-likeness (QED) is 0.567. The molecule has 0 bridgehead atoms. The van der Waals surface area contributed by atoms with Crippen LogP contribution in [0, 0.1) is 18.3 Å². The number of benzene rings is 1. The van der Waals surface area contributed by atoms with E-state index in [0.717, 1.165) is 5.69 Å². The molecule has 0 aliphatic carbocycles. The van der Waals surface area contributed by atoms with Gasteiger partial charge in [-0.3, -0.25) is 4.79 Å².